The molecular formula is C12H26FNO. The molecule has 2 atom stereocenters. The van der Waals surface area contributed by atoms with Crippen LogP contribution >= 0.6 is 0 Å². The van der Waals surface area contributed by atoms with Crippen molar-refractivity contribution in [3.8, 4) is 0 Å². The second kappa shape index (κ2) is 10.1. The minimum atomic E-state index is -0.583. The fourth-order valence-electron chi connectivity index (χ4n) is 1.16. The molecule has 1 saturated heterocycles. The third-order valence-corrected chi connectivity index (χ3v) is 1.98. The van der Waals surface area contributed by atoms with Crippen LogP contribution in [0.15, 0.2) is 0 Å². The Balaban J connectivity index is 0. The fraction of sp³-hybridized carbons (Fsp3) is 0.917. The number of nitrogens with zero attached hydrogens (tertiary/aromatic N) is 1. The molecular weight excluding hydrogens is 193 g/mol. The van der Waals surface area contributed by atoms with Gasteiger partial charge in [-0.25, -0.2) is 4.39 Å². The summed E-state index contributed by atoms with van der Waals surface area (Å²) in [6.07, 6.45) is 0.333. The second-order valence-corrected chi connectivity index (χ2v) is 4.09. The largest absolute Gasteiger partial charge is 0.303 e. The third-order valence-electron chi connectivity index (χ3n) is 1.98. The minimum absolute atomic E-state index is 0.204. The van der Waals surface area contributed by atoms with Crippen LogP contribution in [0.4, 0.5) is 4.39 Å². The monoisotopic (exact) mass is 219 g/mol. The van der Waals surface area contributed by atoms with Gasteiger partial charge in [0.25, 0.3) is 0 Å². The van der Waals surface area contributed by atoms with E-state index < -0.39 is 6.17 Å². The van der Waals surface area contributed by atoms with Crippen LogP contribution < -0.4 is 0 Å². The Morgan fingerprint density at radius 1 is 1.33 bits per heavy atom. The van der Waals surface area contributed by atoms with E-state index in [4.69, 9.17) is 0 Å². The summed E-state index contributed by atoms with van der Waals surface area (Å²) in [4.78, 5) is 11.5. The van der Waals surface area contributed by atoms with Gasteiger partial charge < -0.3 is 9.69 Å². The summed E-state index contributed by atoms with van der Waals surface area (Å²) in [6, 6.07) is 0. The number of likely N-dealkylation sites (tertiary alicyclic amines) is 1. The highest BCUT2D eigenvalue weighted by atomic mass is 19.1. The number of alkyl halides is 1. The Kier molecular flexibility index (Phi) is 11.4. The van der Waals surface area contributed by atoms with Gasteiger partial charge in [0.05, 0.1) is 0 Å². The number of hydrogen-bond donors (Lipinski definition) is 0. The summed E-state index contributed by atoms with van der Waals surface area (Å²) in [7, 11) is 1.95. The molecule has 2 unspecified atom stereocenters. The molecule has 3 heteroatoms. The zero-order chi connectivity index (χ0) is 12.4. The van der Waals surface area contributed by atoms with Gasteiger partial charge in [-0.05, 0) is 7.05 Å². The Labute approximate surface area is 93.8 Å². The molecule has 1 rings (SSSR count). The smallest absolute Gasteiger partial charge is 0.122 e. The number of aldehydes is 1. The maximum absolute atomic E-state index is 12.5. The summed E-state index contributed by atoms with van der Waals surface area (Å²) in [5, 5.41) is 0. The summed E-state index contributed by atoms with van der Waals surface area (Å²) >= 11 is 0. The number of carbonyl (C=O) groups is 1. The average molecular weight is 219 g/mol. The zero-order valence-corrected chi connectivity index (χ0v) is 11.0. The first-order chi connectivity index (χ1) is 6.97. The maximum Gasteiger partial charge on any atom is 0.122 e. The highest BCUT2D eigenvalue weighted by Crippen LogP contribution is 2.16. The molecule has 0 bridgehead atoms. The molecule has 0 saturated carbocycles. The maximum atomic E-state index is 12.5. The number of halogens is 1. The number of rotatable bonds is 1. The van der Waals surface area contributed by atoms with Gasteiger partial charge in [-0.2, -0.15) is 0 Å². The molecule has 1 heterocycles. The molecule has 0 radical (unpaired) electrons. The zero-order valence-electron chi connectivity index (χ0n) is 11.0. The van der Waals surface area contributed by atoms with Gasteiger partial charge in [-0.3, -0.25) is 0 Å². The highest BCUT2D eigenvalue weighted by molar-refractivity contribution is 5.51. The van der Waals surface area contributed by atoms with Crippen molar-refractivity contribution < 1.29 is 9.18 Å². The van der Waals surface area contributed by atoms with E-state index in [1.165, 1.54) is 0 Å². The molecule has 15 heavy (non-hydrogen) atoms. The quantitative estimate of drug-likeness (QED) is 0.632. The molecule has 1 fully saturated rings. The minimum Gasteiger partial charge on any atom is -0.303 e. The van der Waals surface area contributed by atoms with E-state index in [9.17, 15) is 9.18 Å². The van der Waals surface area contributed by atoms with Crippen LogP contribution in [0.3, 0.4) is 0 Å². The molecule has 0 aromatic heterocycles. The lowest BCUT2D eigenvalue weighted by atomic mass is 10.1. The van der Waals surface area contributed by atoms with Crippen LogP contribution in [0, 0.1) is 11.8 Å². The topological polar surface area (TPSA) is 20.3 Å². The Morgan fingerprint density at radius 3 is 1.80 bits per heavy atom. The molecule has 92 valence electrons. The summed E-state index contributed by atoms with van der Waals surface area (Å²) in [6.45, 7) is 11.2. The first-order valence-electron chi connectivity index (χ1n) is 5.75. The summed E-state index contributed by atoms with van der Waals surface area (Å²) in [5.41, 5.74) is 0. The van der Waals surface area contributed by atoms with Crippen molar-refractivity contribution in [1.29, 1.82) is 0 Å². The van der Waals surface area contributed by atoms with Crippen molar-refractivity contribution in [2.75, 3.05) is 20.1 Å². The molecule has 0 aromatic rings. The standard InChI is InChI=1S/C6H12FN.C4H8O.C2H6/c1-5-3-8(2)4-6(5)7;1-4(2)3-5;1-2/h5-6H,3-4H2,1-2H3;3-4H,1-2H3;1-2H3. The lowest BCUT2D eigenvalue weighted by Gasteiger charge is -2.02. The molecule has 0 spiro atoms. The lowest BCUT2D eigenvalue weighted by Crippen LogP contribution is -2.13. The van der Waals surface area contributed by atoms with Crippen LogP contribution in [-0.4, -0.2) is 37.5 Å². The van der Waals surface area contributed by atoms with E-state index in [1.54, 1.807) is 0 Å². The van der Waals surface area contributed by atoms with E-state index >= 15 is 0 Å². The first kappa shape index (κ1) is 17.0. The van der Waals surface area contributed by atoms with Crippen LogP contribution in [0.25, 0.3) is 0 Å². The van der Waals surface area contributed by atoms with Gasteiger partial charge >= 0.3 is 0 Å². The summed E-state index contributed by atoms with van der Waals surface area (Å²) < 4.78 is 12.5. The Bertz CT molecular complexity index is 141. The van der Waals surface area contributed by atoms with Gasteiger partial charge in [0.2, 0.25) is 0 Å². The van der Waals surface area contributed by atoms with Crippen molar-refractivity contribution in [1.82, 2.24) is 4.90 Å². The predicted molar refractivity (Wildman–Crippen MR) is 63.8 cm³/mol. The van der Waals surface area contributed by atoms with Crippen molar-refractivity contribution in [2.45, 2.75) is 40.8 Å². The first-order valence-corrected chi connectivity index (χ1v) is 5.75. The summed E-state index contributed by atoms with van der Waals surface area (Å²) in [5.74, 6) is 0.454. The SMILES string of the molecule is CC.CC(C)C=O.CC1CN(C)CC1F. The van der Waals surface area contributed by atoms with Crippen molar-refractivity contribution in [3.63, 3.8) is 0 Å². The molecule has 0 aromatic carbocycles. The molecule has 0 amide bonds. The lowest BCUT2D eigenvalue weighted by molar-refractivity contribution is -0.110. The third kappa shape index (κ3) is 9.85. The van der Waals surface area contributed by atoms with Gasteiger partial charge in [0, 0.05) is 24.9 Å². The van der Waals surface area contributed by atoms with Gasteiger partial charge in [-0.15, -0.1) is 0 Å². The van der Waals surface area contributed by atoms with Crippen molar-refractivity contribution in [2.24, 2.45) is 11.8 Å². The highest BCUT2D eigenvalue weighted by Gasteiger charge is 2.26. The van der Waals surface area contributed by atoms with E-state index in [0.29, 0.717) is 6.54 Å². The fourth-order valence-corrected chi connectivity index (χ4v) is 1.16. The van der Waals surface area contributed by atoms with Crippen LogP contribution in [0.1, 0.15) is 34.6 Å². The van der Waals surface area contributed by atoms with E-state index in [1.807, 2.05) is 46.6 Å². The Hall–Kier alpha value is -0.440. The molecule has 0 aliphatic carbocycles. The second-order valence-electron chi connectivity index (χ2n) is 4.09. The van der Waals surface area contributed by atoms with E-state index in [2.05, 4.69) is 0 Å². The molecule has 1 aliphatic heterocycles. The molecule has 0 N–H and O–H groups in total. The number of carbonyl (C=O) groups excluding carboxylic acids is 1. The van der Waals surface area contributed by atoms with Crippen molar-refractivity contribution >= 4 is 6.29 Å². The van der Waals surface area contributed by atoms with Crippen molar-refractivity contribution in [3.05, 3.63) is 0 Å². The Morgan fingerprint density at radius 2 is 1.73 bits per heavy atom. The van der Waals surface area contributed by atoms with Crippen LogP contribution in [0.5, 0.6) is 0 Å². The average Bonchev–Trinajstić information content (AvgIpc) is 2.48. The molecule has 2 nitrogen and oxygen atoms in total. The molecule has 1 aliphatic rings. The van der Waals surface area contributed by atoms with Gasteiger partial charge in [-0.1, -0.05) is 34.6 Å². The van der Waals surface area contributed by atoms with Gasteiger partial charge in [0.1, 0.15) is 12.5 Å². The van der Waals surface area contributed by atoms with Gasteiger partial charge in [0.15, 0.2) is 0 Å². The predicted octanol–water partition coefficient (Wildman–Crippen LogP) is 2.77. The van der Waals surface area contributed by atoms with E-state index in [-0.39, 0.29) is 11.8 Å². The van der Waals surface area contributed by atoms with E-state index in [0.717, 1.165) is 12.8 Å². The van der Waals surface area contributed by atoms with Crippen LogP contribution in [0.2, 0.25) is 0 Å². The normalized spacial score (nSPS) is 25.1. The number of hydrogen-bond acceptors (Lipinski definition) is 2. The van der Waals surface area contributed by atoms with Crippen LogP contribution in [-0.2, 0) is 4.79 Å².